The molecule has 1 unspecified atom stereocenters. The van der Waals surface area contributed by atoms with Gasteiger partial charge in [-0.15, -0.1) is 0 Å². The molecule has 1 N–H and O–H groups in total. The van der Waals surface area contributed by atoms with Crippen LogP contribution in [0.5, 0.6) is 0 Å². The molecule has 6 atom stereocenters. The quantitative estimate of drug-likeness (QED) is 0.721. The Labute approximate surface area is 170 Å². The van der Waals surface area contributed by atoms with Gasteiger partial charge in [0.15, 0.2) is 0 Å². The molecule has 0 radical (unpaired) electrons. The zero-order valence-electron chi connectivity index (χ0n) is 18.6. The van der Waals surface area contributed by atoms with Crippen molar-refractivity contribution in [3.05, 3.63) is 11.8 Å². The molecule has 4 rings (SSSR count). The monoisotopic (exact) mass is 386 g/mol. The highest BCUT2D eigenvalue weighted by molar-refractivity contribution is 5.81. The number of likely N-dealkylation sites (tertiary alicyclic amines) is 1. The Kier molecular flexibility index (Phi) is 4.52. The standard InChI is InChI=1S/C24H38N2O2/c1-22(2,3)25-21(28)18-9-8-16-15-7-10-19-24(5,14-12-20(27)26(19)6)17(15)11-13-23(16,18)4/h10,15-18H,7-9,11-14H2,1-6H3,(H,25,28)/t15-,16-,17+,18?,23-,24+/m0/s1. The topological polar surface area (TPSA) is 49.4 Å². The van der Waals surface area contributed by atoms with Crippen molar-refractivity contribution in [3.8, 4) is 0 Å². The second kappa shape index (κ2) is 6.34. The Bertz CT molecular complexity index is 721. The van der Waals surface area contributed by atoms with Crippen molar-refractivity contribution in [1.82, 2.24) is 10.2 Å². The second-order valence-electron chi connectivity index (χ2n) is 11.5. The van der Waals surface area contributed by atoms with Gasteiger partial charge >= 0.3 is 0 Å². The summed E-state index contributed by atoms with van der Waals surface area (Å²) in [4.78, 5) is 27.3. The van der Waals surface area contributed by atoms with E-state index in [1.807, 2.05) is 11.9 Å². The molecule has 0 aromatic rings. The van der Waals surface area contributed by atoms with E-state index in [4.69, 9.17) is 0 Å². The number of nitrogens with zero attached hydrogens (tertiary/aromatic N) is 1. The highest BCUT2D eigenvalue weighted by atomic mass is 16.2. The number of nitrogens with one attached hydrogen (secondary N) is 1. The van der Waals surface area contributed by atoms with Crippen molar-refractivity contribution >= 4 is 11.8 Å². The zero-order valence-corrected chi connectivity index (χ0v) is 18.6. The van der Waals surface area contributed by atoms with Gasteiger partial charge in [-0.3, -0.25) is 9.59 Å². The number of rotatable bonds is 1. The van der Waals surface area contributed by atoms with Crippen LogP contribution in [0.2, 0.25) is 0 Å². The molecule has 4 aliphatic rings. The van der Waals surface area contributed by atoms with Crippen molar-refractivity contribution in [3.63, 3.8) is 0 Å². The minimum atomic E-state index is -0.169. The Morgan fingerprint density at radius 1 is 1.14 bits per heavy atom. The number of piperidine rings is 1. The molecule has 2 amide bonds. The van der Waals surface area contributed by atoms with E-state index < -0.39 is 0 Å². The van der Waals surface area contributed by atoms with Gasteiger partial charge in [-0.1, -0.05) is 19.9 Å². The van der Waals surface area contributed by atoms with Gasteiger partial charge in [0.1, 0.15) is 0 Å². The van der Waals surface area contributed by atoms with Crippen LogP contribution in [0, 0.1) is 34.5 Å². The van der Waals surface area contributed by atoms with E-state index in [-0.39, 0.29) is 34.1 Å². The van der Waals surface area contributed by atoms with Crippen LogP contribution >= 0.6 is 0 Å². The third-order valence-electron chi connectivity index (χ3n) is 8.83. The molecule has 1 saturated heterocycles. The highest BCUT2D eigenvalue weighted by Crippen LogP contribution is 2.65. The van der Waals surface area contributed by atoms with Crippen LogP contribution in [0.1, 0.15) is 79.6 Å². The average Bonchev–Trinajstić information content (AvgIpc) is 2.94. The van der Waals surface area contributed by atoms with Crippen molar-refractivity contribution in [2.45, 2.75) is 85.1 Å². The molecule has 0 bridgehead atoms. The Morgan fingerprint density at radius 2 is 1.86 bits per heavy atom. The number of hydrogen-bond donors (Lipinski definition) is 1. The van der Waals surface area contributed by atoms with E-state index in [1.54, 1.807) is 0 Å². The third kappa shape index (κ3) is 2.85. The van der Waals surface area contributed by atoms with E-state index in [0.717, 1.165) is 25.7 Å². The van der Waals surface area contributed by atoms with E-state index in [2.05, 4.69) is 46.0 Å². The lowest BCUT2D eigenvalue weighted by molar-refractivity contribution is -0.139. The van der Waals surface area contributed by atoms with Crippen molar-refractivity contribution in [2.75, 3.05) is 7.05 Å². The maximum Gasteiger partial charge on any atom is 0.226 e. The highest BCUT2D eigenvalue weighted by Gasteiger charge is 2.60. The number of amides is 2. The maximum absolute atomic E-state index is 13.1. The molecule has 28 heavy (non-hydrogen) atoms. The number of fused-ring (bicyclic) bond motifs is 5. The lowest BCUT2D eigenvalue weighted by Gasteiger charge is -2.58. The Morgan fingerprint density at radius 3 is 2.54 bits per heavy atom. The fourth-order valence-electron chi connectivity index (χ4n) is 7.47. The minimum Gasteiger partial charge on any atom is -0.351 e. The summed E-state index contributed by atoms with van der Waals surface area (Å²) in [5.74, 6) is 2.60. The van der Waals surface area contributed by atoms with Crippen molar-refractivity contribution in [2.24, 2.45) is 34.5 Å². The van der Waals surface area contributed by atoms with Gasteiger partial charge in [-0.2, -0.15) is 0 Å². The van der Waals surface area contributed by atoms with Gasteiger partial charge in [-0.25, -0.2) is 0 Å². The minimum absolute atomic E-state index is 0.120. The first-order chi connectivity index (χ1) is 13.0. The average molecular weight is 387 g/mol. The predicted octanol–water partition coefficient (Wildman–Crippen LogP) is 4.51. The summed E-state index contributed by atoms with van der Waals surface area (Å²) >= 11 is 0. The molecule has 0 aromatic heterocycles. The van der Waals surface area contributed by atoms with Gasteiger partial charge in [0.25, 0.3) is 0 Å². The molecule has 3 fully saturated rings. The van der Waals surface area contributed by atoms with Gasteiger partial charge in [-0.05, 0) is 82.5 Å². The number of carbonyl (C=O) groups is 2. The molecule has 156 valence electrons. The van der Waals surface area contributed by atoms with Crippen molar-refractivity contribution < 1.29 is 9.59 Å². The summed E-state index contributed by atoms with van der Waals surface area (Å²) < 4.78 is 0. The largest absolute Gasteiger partial charge is 0.351 e. The number of carbonyl (C=O) groups excluding carboxylic acids is 2. The van der Waals surface area contributed by atoms with Crippen LogP contribution in [0.3, 0.4) is 0 Å². The van der Waals surface area contributed by atoms with Crippen LogP contribution < -0.4 is 5.32 Å². The molecular weight excluding hydrogens is 348 g/mol. The zero-order chi connectivity index (χ0) is 20.5. The predicted molar refractivity (Wildman–Crippen MR) is 111 cm³/mol. The molecule has 0 spiro atoms. The molecule has 4 nitrogen and oxygen atoms in total. The number of hydrogen-bond acceptors (Lipinski definition) is 2. The molecule has 0 aromatic carbocycles. The first-order valence-corrected chi connectivity index (χ1v) is 11.3. The van der Waals surface area contributed by atoms with E-state index >= 15 is 0 Å². The van der Waals surface area contributed by atoms with Crippen LogP contribution in [0.25, 0.3) is 0 Å². The van der Waals surface area contributed by atoms with Gasteiger partial charge in [0.05, 0.1) is 0 Å². The Balaban J connectivity index is 1.61. The number of allylic oxidation sites excluding steroid dienone is 2. The van der Waals surface area contributed by atoms with E-state index in [0.29, 0.717) is 24.2 Å². The van der Waals surface area contributed by atoms with Crippen LogP contribution in [-0.2, 0) is 9.59 Å². The van der Waals surface area contributed by atoms with Gasteiger partial charge < -0.3 is 10.2 Å². The van der Waals surface area contributed by atoms with E-state index in [1.165, 1.54) is 18.5 Å². The fraction of sp³-hybridized carbons (Fsp3) is 0.833. The van der Waals surface area contributed by atoms with Gasteiger partial charge in [0.2, 0.25) is 11.8 Å². The van der Waals surface area contributed by atoms with E-state index in [9.17, 15) is 9.59 Å². The lowest BCUT2D eigenvalue weighted by Crippen LogP contribution is -2.55. The summed E-state index contributed by atoms with van der Waals surface area (Å²) in [6.07, 6.45) is 9.63. The summed E-state index contributed by atoms with van der Waals surface area (Å²) in [5.41, 5.74) is 1.35. The summed E-state index contributed by atoms with van der Waals surface area (Å²) in [7, 11) is 1.96. The first kappa shape index (κ1) is 20.0. The van der Waals surface area contributed by atoms with Crippen LogP contribution in [-0.4, -0.2) is 29.3 Å². The summed E-state index contributed by atoms with van der Waals surface area (Å²) in [6.45, 7) is 11.0. The van der Waals surface area contributed by atoms with Crippen molar-refractivity contribution in [1.29, 1.82) is 0 Å². The lowest BCUT2D eigenvalue weighted by atomic mass is 9.49. The maximum atomic E-state index is 13.1. The first-order valence-electron chi connectivity index (χ1n) is 11.3. The SMILES string of the molecule is CN1C(=O)CC[C@@]2(C)C1=CC[C@@H]1[C@H]2CC[C@]2(C)C(C(=O)NC(C)(C)C)CC[C@@H]12. The molecule has 1 heterocycles. The molecule has 2 saturated carbocycles. The van der Waals surface area contributed by atoms with Gasteiger partial charge in [0, 0.05) is 36.0 Å². The molecule has 3 aliphatic carbocycles. The Hall–Kier alpha value is -1.32. The molecule has 4 heteroatoms. The summed E-state index contributed by atoms with van der Waals surface area (Å²) in [6, 6.07) is 0. The summed E-state index contributed by atoms with van der Waals surface area (Å²) in [5, 5.41) is 3.26. The third-order valence-corrected chi connectivity index (χ3v) is 8.83. The van der Waals surface area contributed by atoms with Crippen LogP contribution in [0.15, 0.2) is 11.8 Å². The van der Waals surface area contributed by atoms with Crippen LogP contribution in [0.4, 0.5) is 0 Å². The fourth-order valence-corrected chi connectivity index (χ4v) is 7.47. The molecule has 1 aliphatic heterocycles. The second-order valence-corrected chi connectivity index (χ2v) is 11.5. The smallest absolute Gasteiger partial charge is 0.226 e. The molecular formula is C24H38N2O2. The normalized spacial score (nSPS) is 43.0.